The Morgan fingerprint density at radius 1 is 0.970 bits per heavy atom. The molecule has 0 bridgehead atoms. The highest BCUT2D eigenvalue weighted by Gasteiger charge is 2.33. The van der Waals surface area contributed by atoms with Crippen LogP contribution in [0.4, 0.5) is 10.5 Å². The fourth-order valence-corrected chi connectivity index (χ4v) is 4.77. The lowest BCUT2D eigenvalue weighted by Crippen LogP contribution is -2.38. The molecule has 0 saturated carbocycles. The van der Waals surface area contributed by atoms with Crippen molar-refractivity contribution in [2.75, 3.05) is 5.32 Å². The van der Waals surface area contributed by atoms with Crippen molar-refractivity contribution in [1.29, 1.82) is 0 Å². The molecule has 1 aliphatic rings. The number of carbonyl (C=O) groups is 1. The third-order valence-corrected chi connectivity index (χ3v) is 6.55. The lowest BCUT2D eigenvalue weighted by Gasteiger charge is -2.31. The van der Waals surface area contributed by atoms with Crippen LogP contribution in [-0.4, -0.2) is 15.5 Å². The number of rotatable bonds is 3. The summed E-state index contributed by atoms with van der Waals surface area (Å²) in [6.07, 6.45) is 3.08. The molecule has 4 heteroatoms. The summed E-state index contributed by atoms with van der Waals surface area (Å²) in [5.74, 6) is 0. The molecule has 0 spiro atoms. The van der Waals surface area contributed by atoms with Gasteiger partial charge in [-0.05, 0) is 66.8 Å². The summed E-state index contributed by atoms with van der Waals surface area (Å²) in [5.41, 5.74) is 8.81. The maximum absolute atomic E-state index is 13.8. The second-order valence-electron chi connectivity index (χ2n) is 8.81. The zero-order chi connectivity index (χ0) is 22.9. The number of anilines is 1. The minimum Gasteiger partial charge on any atom is -0.318 e. The number of hydrogen-bond donors (Lipinski definition) is 1. The van der Waals surface area contributed by atoms with Gasteiger partial charge in [0.2, 0.25) is 0 Å². The number of amides is 2. The Bertz CT molecular complexity index is 1300. The van der Waals surface area contributed by atoms with E-state index in [1.54, 1.807) is 0 Å². The van der Waals surface area contributed by atoms with E-state index in [0.717, 1.165) is 40.2 Å². The predicted octanol–water partition coefficient (Wildman–Crippen LogP) is 6.79. The number of hydrogen-bond acceptors (Lipinski definition) is 1. The molecule has 4 aromatic rings. The number of nitrogens with zero attached hydrogens (tertiary/aromatic N) is 2. The molecule has 2 amide bonds. The van der Waals surface area contributed by atoms with Crippen LogP contribution < -0.4 is 5.32 Å². The Kier molecular flexibility index (Phi) is 5.51. The predicted molar refractivity (Wildman–Crippen MR) is 134 cm³/mol. The fraction of sp³-hybridized carbons (Fsp3) is 0.207. The molecule has 0 unspecified atom stereocenters. The Balaban J connectivity index is 1.62. The molecule has 33 heavy (non-hydrogen) atoms. The maximum atomic E-state index is 13.8. The van der Waals surface area contributed by atoms with Crippen molar-refractivity contribution in [2.45, 2.75) is 39.8 Å². The van der Waals surface area contributed by atoms with E-state index >= 15 is 0 Å². The van der Waals surface area contributed by atoms with Gasteiger partial charge in [-0.3, -0.25) is 0 Å². The van der Waals surface area contributed by atoms with E-state index in [9.17, 15) is 4.79 Å². The van der Waals surface area contributed by atoms with Crippen LogP contribution in [0.1, 0.15) is 46.5 Å². The van der Waals surface area contributed by atoms with E-state index in [0.29, 0.717) is 6.54 Å². The van der Waals surface area contributed by atoms with E-state index in [4.69, 9.17) is 0 Å². The zero-order valence-corrected chi connectivity index (χ0v) is 19.4. The number of carbonyl (C=O) groups excluding carboxylic acids is 1. The van der Waals surface area contributed by atoms with Crippen molar-refractivity contribution in [3.63, 3.8) is 0 Å². The Hall–Kier alpha value is -3.79. The van der Waals surface area contributed by atoms with Crippen molar-refractivity contribution < 1.29 is 4.79 Å². The van der Waals surface area contributed by atoms with Crippen LogP contribution in [0.5, 0.6) is 0 Å². The summed E-state index contributed by atoms with van der Waals surface area (Å²) in [5, 5.41) is 3.19. The second kappa shape index (κ2) is 8.62. The van der Waals surface area contributed by atoms with Crippen LogP contribution in [-0.2, 0) is 13.0 Å². The molecular formula is C29H29N3O. The average molecular weight is 436 g/mol. The summed E-state index contributed by atoms with van der Waals surface area (Å²) in [6, 6.07) is 27.0. The van der Waals surface area contributed by atoms with Gasteiger partial charge in [-0.2, -0.15) is 0 Å². The van der Waals surface area contributed by atoms with Gasteiger partial charge in [0.15, 0.2) is 0 Å². The van der Waals surface area contributed by atoms with Crippen LogP contribution in [0.25, 0.3) is 5.69 Å². The molecule has 166 valence electrons. The van der Waals surface area contributed by atoms with Crippen LogP contribution in [0.15, 0.2) is 85.1 Å². The third kappa shape index (κ3) is 3.93. The lowest BCUT2D eigenvalue weighted by atomic mass is 10.00. The summed E-state index contributed by atoms with van der Waals surface area (Å²) in [6.45, 7) is 6.78. The monoisotopic (exact) mass is 435 g/mol. The number of para-hydroxylation sites is 1. The van der Waals surface area contributed by atoms with Crippen molar-refractivity contribution in [3.8, 4) is 5.69 Å². The van der Waals surface area contributed by atoms with Gasteiger partial charge in [-0.25, -0.2) is 4.79 Å². The number of nitrogens with one attached hydrogen (secondary N) is 1. The highest BCUT2D eigenvalue weighted by atomic mass is 16.2. The van der Waals surface area contributed by atoms with E-state index in [2.05, 4.69) is 90.6 Å². The number of urea groups is 1. The van der Waals surface area contributed by atoms with Crippen LogP contribution in [0.3, 0.4) is 0 Å². The quantitative estimate of drug-likeness (QED) is 0.378. The average Bonchev–Trinajstić information content (AvgIpc) is 3.25. The number of benzene rings is 3. The highest BCUT2D eigenvalue weighted by molar-refractivity contribution is 5.91. The van der Waals surface area contributed by atoms with Crippen molar-refractivity contribution >= 4 is 11.7 Å². The van der Waals surface area contributed by atoms with Gasteiger partial charge in [0, 0.05) is 17.6 Å². The molecule has 1 N–H and O–H groups in total. The minimum atomic E-state index is -0.205. The van der Waals surface area contributed by atoms with Gasteiger partial charge in [0.25, 0.3) is 0 Å². The van der Waals surface area contributed by atoms with Gasteiger partial charge in [0.1, 0.15) is 0 Å². The third-order valence-electron chi connectivity index (χ3n) is 6.55. The summed E-state index contributed by atoms with van der Waals surface area (Å²) in [7, 11) is 0. The Morgan fingerprint density at radius 2 is 1.76 bits per heavy atom. The standard InChI is InChI=1S/C29H29N3O/c1-4-22-12-14-23(15-13-22)28-27-10-7-17-31(27)26-9-6-5-8-24(26)19-32(28)29(33)30-25-16-11-20(2)18-21(25)3/h5-18,28H,4,19H2,1-3H3,(H,30,33)/t28-/m1/s1. The van der Waals surface area contributed by atoms with Crippen molar-refractivity contribution in [1.82, 2.24) is 9.47 Å². The number of aryl methyl sites for hydroxylation is 3. The normalized spacial score (nSPS) is 14.9. The summed E-state index contributed by atoms with van der Waals surface area (Å²) >= 11 is 0. The lowest BCUT2D eigenvalue weighted by molar-refractivity contribution is 0.194. The fourth-order valence-electron chi connectivity index (χ4n) is 4.77. The molecule has 1 aromatic heterocycles. The number of aromatic nitrogens is 1. The van der Waals surface area contributed by atoms with E-state index in [1.807, 2.05) is 30.0 Å². The first-order valence-corrected chi connectivity index (χ1v) is 11.5. The molecular weight excluding hydrogens is 406 g/mol. The molecule has 1 aliphatic heterocycles. The molecule has 0 fully saturated rings. The molecule has 5 rings (SSSR count). The van der Waals surface area contributed by atoms with Gasteiger partial charge in [0.05, 0.1) is 18.3 Å². The van der Waals surface area contributed by atoms with Crippen molar-refractivity contribution in [3.05, 3.63) is 119 Å². The molecule has 0 aliphatic carbocycles. The first-order valence-electron chi connectivity index (χ1n) is 11.5. The molecule has 0 radical (unpaired) electrons. The Labute approximate surface area is 195 Å². The largest absolute Gasteiger partial charge is 0.322 e. The molecule has 1 atom stereocenters. The highest BCUT2D eigenvalue weighted by Crippen LogP contribution is 2.37. The molecule has 0 saturated heterocycles. The topological polar surface area (TPSA) is 37.3 Å². The number of fused-ring (bicyclic) bond motifs is 3. The smallest absolute Gasteiger partial charge is 0.318 e. The molecule has 2 heterocycles. The summed E-state index contributed by atoms with van der Waals surface area (Å²) in [4.78, 5) is 15.8. The first-order chi connectivity index (χ1) is 16.0. The van der Waals surface area contributed by atoms with Crippen LogP contribution >= 0.6 is 0 Å². The van der Waals surface area contributed by atoms with Gasteiger partial charge in [-0.1, -0.05) is 67.1 Å². The van der Waals surface area contributed by atoms with Crippen molar-refractivity contribution in [2.24, 2.45) is 0 Å². The SMILES string of the molecule is CCc1ccc([C@@H]2c3cccn3-c3ccccc3CN2C(=O)Nc2ccc(C)cc2C)cc1. The second-order valence-corrected chi connectivity index (χ2v) is 8.81. The van der Waals surface area contributed by atoms with Crippen LogP contribution in [0.2, 0.25) is 0 Å². The van der Waals surface area contributed by atoms with E-state index in [-0.39, 0.29) is 12.1 Å². The van der Waals surface area contributed by atoms with E-state index < -0.39 is 0 Å². The Morgan fingerprint density at radius 3 is 2.52 bits per heavy atom. The zero-order valence-electron chi connectivity index (χ0n) is 19.4. The van der Waals surface area contributed by atoms with Gasteiger partial charge >= 0.3 is 6.03 Å². The van der Waals surface area contributed by atoms with Gasteiger partial charge in [-0.15, -0.1) is 0 Å². The molecule has 3 aromatic carbocycles. The van der Waals surface area contributed by atoms with Crippen LogP contribution in [0, 0.1) is 13.8 Å². The summed E-state index contributed by atoms with van der Waals surface area (Å²) < 4.78 is 2.22. The maximum Gasteiger partial charge on any atom is 0.322 e. The molecule has 4 nitrogen and oxygen atoms in total. The van der Waals surface area contributed by atoms with Gasteiger partial charge < -0.3 is 14.8 Å². The van der Waals surface area contributed by atoms with E-state index in [1.165, 1.54) is 11.1 Å². The minimum absolute atomic E-state index is 0.101. The first kappa shape index (κ1) is 21.1.